The van der Waals surface area contributed by atoms with Gasteiger partial charge in [0.25, 0.3) is 6.69 Å². The van der Waals surface area contributed by atoms with Crippen LogP contribution in [0.4, 0.5) is 0 Å². The van der Waals surface area contributed by atoms with Crippen molar-refractivity contribution in [2.24, 2.45) is 0 Å². The van der Waals surface area contributed by atoms with E-state index in [0.29, 0.717) is 5.92 Å². The molecule has 0 N–H and O–H groups in total. The highest BCUT2D eigenvalue weighted by atomic mass is 35.7. The van der Waals surface area contributed by atoms with Gasteiger partial charge >= 0.3 is 0 Å². The van der Waals surface area contributed by atoms with Crippen LogP contribution in [0.2, 0.25) is 12.1 Å². The Hall–Kier alpha value is 0.307. The van der Waals surface area contributed by atoms with Crippen LogP contribution < -0.4 is 0 Å². The molecule has 1 unspecified atom stereocenters. The third-order valence-corrected chi connectivity index (χ3v) is 7.77. The van der Waals surface area contributed by atoms with Crippen LogP contribution in [0.25, 0.3) is 0 Å². The van der Waals surface area contributed by atoms with Crippen LogP contribution in [0.3, 0.4) is 0 Å². The van der Waals surface area contributed by atoms with Crippen LogP contribution in [0.1, 0.15) is 37.7 Å². The quantitative estimate of drug-likeness (QED) is 0.234. The lowest BCUT2D eigenvalue weighted by Gasteiger charge is -2.21. The first-order chi connectivity index (χ1) is 8.55. The molecule has 0 aromatic heterocycles. The summed E-state index contributed by atoms with van der Waals surface area (Å²) in [6, 6.07) is 12.4. The van der Waals surface area contributed by atoms with Gasteiger partial charge in [-0.2, -0.15) is 0 Å². The first-order valence-electron chi connectivity index (χ1n) is 6.54. The minimum Gasteiger partial charge on any atom is -0.146 e. The second-order valence-corrected chi connectivity index (χ2v) is 12.8. The summed E-state index contributed by atoms with van der Waals surface area (Å²) >= 11 is 18.7. The third kappa shape index (κ3) is 6.47. The van der Waals surface area contributed by atoms with Gasteiger partial charge in [-0.15, -0.1) is 33.8 Å². The van der Waals surface area contributed by atoms with E-state index < -0.39 is 6.69 Å². The Bertz CT molecular complexity index is 327. The van der Waals surface area contributed by atoms with Crippen molar-refractivity contribution in [1.82, 2.24) is 0 Å². The number of halogens is 3. The lowest BCUT2D eigenvalue weighted by molar-refractivity contribution is 0.763. The molecule has 0 nitrogen and oxygen atoms in total. The smallest absolute Gasteiger partial charge is 0.146 e. The molecule has 0 aliphatic rings. The molecule has 1 aromatic rings. The SMILES string of the molecule is CC(C[Si](Cl)(Cl)CCCCCCl)c1ccccc1. The minimum absolute atomic E-state index is 0.445. The van der Waals surface area contributed by atoms with Gasteiger partial charge in [0.05, 0.1) is 0 Å². The number of hydrogen-bond donors (Lipinski definition) is 0. The van der Waals surface area contributed by atoms with Crippen molar-refractivity contribution in [3.63, 3.8) is 0 Å². The van der Waals surface area contributed by atoms with Crippen LogP contribution in [0, 0.1) is 0 Å². The number of rotatable bonds is 8. The molecule has 0 amide bonds. The van der Waals surface area contributed by atoms with Gasteiger partial charge in [-0.3, -0.25) is 0 Å². The van der Waals surface area contributed by atoms with Crippen LogP contribution in [-0.2, 0) is 0 Å². The second kappa shape index (κ2) is 8.47. The van der Waals surface area contributed by atoms with Gasteiger partial charge in [0.2, 0.25) is 0 Å². The van der Waals surface area contributed by atoms with Gasteiger partial charge < -0.3 is 0 Å². The van der Waals surface area contributed by atoms with Gasteiger partial charge in [0.15, 0.2) is 0 Å². The summed E-state index contributed by atoms with van der Waals surface area (Å²) < 4.78 is 0. The molecular formula is C14H21Cl3Si. The summed E-state index contributed by atoms with van der Waals surface area (Å²) in [5.74, 6) is 1.18. The molecule has 18 heavy (non-hydrogen) atoms. The molecule has 4 heteroatoms. The van der Waals surface area contributed by atoms with Crippen molar-refractivity contribution >= 4 is 40.5 Å². The Morgan fingerprint density at radius 1 is 1.06 bits per heavy atom. The second-order valence-electron chi connectivity index (χ2n) is 4.87. The van der Waals surface area contributed by atoms with E-state index in [9.17, 15) is 0 Å². The average molecular weight is 324 g/mol. The molecule has 1 rings (SSSR count). The Labute approximate surface area is 126 Å². The first kappa shape index (κ1) is 16.4. The number of benzene rings is 1. The average Bonchev–Trinajstić information content (AvgIpc) is 2.35. The number of alkyl halides is 1. The van der Waals surface area contributed by atoms with Crippen molar-refractivity contribution in [2.75, 3.05) is 5.88 Å². The van der Waals surface area contributed by atoms with E-state index in [4.69, 9.17) is 33.8 Å². The highest BCUT2D eigenvalue weighted by molar-refractivity contribution is 7.45. The van der Waals surface area contributed by atoms with Gasteiger partial charge in [-0.05, 0) is 30.0 Å². The molecule has 0 aliphatic heterocycles. The van der Waals surface area contributed by atoms with Gasteiger partial charge in [0, 0.05) is 5.88 Å². The molecule has 102 valence electrons. The summed E-state index contributed by atoms with van der Waals surface area (Å²) in [6.07, 6.45) is 3.30. The summed E-state index contributed by atoms with van der Waals surface area (Å²) in [5, 5.41) is 0. The molecule has 0 saturated carbocycles. The van der Waals surface area contributed by atoms with E-state index in [1.807, 2.05) is 6.07 Å². The van der Waals surface area contributed by atoms with E-state index in [0.717, 1.165) is 37.2 Å². The van der Waals surface area contributed by atoms with E-state index in [1.54, 1.807) is 0 Å². The zero-order chi connectivity index (χ0) is 13.4. The summed E-state index contributed by atoms with van der Waals surface area (Å²) in [7, 11) is 0. The normalized spacial score (nSPS) is 13.6. The maximum Gasteiger partial charge on any atom is 0.251 e. The summed E-state index contributed by atoms with van der Waals surface area (Å²) in [6.45, 7) is 0.111. The molecule has 0 bridgehead atoms. The topological polar surface area (TPSA) is 0 Å². The molecular weight excluding hydrogens is 303 g/mol. The largest absolute Gasteiger partial charge is 0.251 e. The molecule has 0 radical (unpaired) electrons. The van der Waals surface area contributed by atoms with E-state index in [2.05, 4.69) is 31.2 Å². The highest BCUT2D eigenvalue weighted by Crippen LogP contribution is 2.35. The van der Waals surface area contributed by atoms with Crippen molar-refractivity contribution in [2.45, 2.75) is 44.2 Å². The fourth-order valence-corrected chi connectivity index (χ4v) is 6.59. The Balaban J connectivity index is 2.39. The van der Waals surface area contributed by atoms with Crippen LogP contribution in [-0.4, -0.2) is 12.6 Å². The predicted molar refractivity (Wildman–Crippen MR) is 86.5 cm³/mol. The minimum atomic E-state index is -2.10. The molecule has 0 spiro atoms. The molecule has 1 atom stereocenters. The Morgan fingerprint density at radius 2 is 1.72 bits per heavy atom. The van der Waals surface area contributed by atoms with Crippen molar-refractivity contribution in [3.8, 4) is 0 Å². The molecule has 0 aliphatic carbocycles. The monoisotopic (exact) mass is 322 g/mol. The zero-order valence-electron chi connectivity index (χ0n) is 10.8. The fraction of sp³-hybridized carbons (Fsp3) is 0.571. The van der Waals surface area contributed by atoms with Gasteiger partial charge in [-0.1, -0.05) is 50.1 Å². The van der Waals surface area contributed by atoms with Crippen LogP contribution in [0.15, 0.2) is 30.3 Å². The molecule has 0 saturated heterocycles. The van der Waals surface area contributed by atoms with Crippen LogP contribution >= 0.6 is 33.8 Å². The van der Waals surface area contributed by atoms with Crippen molar-refractivity contribution in [3.05, 3.63) is 35.9 Å². The molecule has 0 fully saturated rings. The molecule has 0 heterocycles. The fourth-order valence-electron chi connectivity index (χ4n) is 2.10. The number of hydrogen-bond acceptors (Lipinski definition) is 0. The maximum absolute atomic E-state index is 6.53. The molecule has 1 aromatic carbocycles. The summed E-state index contributed by atoms with van der Waals surface area (Å²) in [4.78, 5) is 0. The lowest BCUT2D eigenvalue weighted by atomic mass is 10.0. The van der Waals surface area contributed by atoms with Gasteiger partial charge in [0.1, 0.15) is 0 Å². The van der Waals surface area contributed by atoms with E-state index >= 15 is 0 Å². The van der Waals surface area contributed by atoms with Gasteiger partial charge in [-0.25, -0.2) is 0 Å². The Kier molecular flexibility index (Phi) is 7.70. The van der Waals surface area contributed by atoms with E-state index in [1.165, 1.54) is 5.56 Å². The third-order valence-electron chi connectivity index (χ3n) is 3.15. The maximum atomic E-state index is 6.53. The predicted octanol–water partition coefficient (Wildman–Crippen LogP) is 6.12. The van der Waals surface area contributed by atoms with Crippen molar-refractivity contribution in [1.29, 1.82) is 0 Å². The summed E-state index contributed by atoms with van der Waals surface area (Å²) in [5.41, 5.74) is 1.33. The van der Waals surface area contributed by atoms with Crippen LogP contribution in [0.5, 0.6) is 0 Å². The first-order valence-corrected chi connectivity index (χ1v) is 11.5. The standard InChI is InChI=1S/C14H21Cl3Si/c1-13(14-8-4-2-5-9-14)12-18(16,17)11-7-3-6-10-15/h2,4-5,8-9,13H,3,6-7,10-12H2,1H3. The van der Waals surface area contributed by atoms with E-state index in [-0.39, 0.29) is 0 Å². The Morgan fingerprint density at radius 3 is 2.33 bits per heavy atom. The van der Waals surface area contributed by atoms with Crippen molar-refractivity contribution < 1.29 is 0 Å². The zero-order valence-corrected chi connectivity index (χ0v) is 14.1. The number of unbranched alkanes of at least 4 members (excludes halogenated alkanes) is 2. The lowest BCUT2D eigenvalue weighted by Crippen LogP contribution is -2.21. The highest BCUT2D eigenvalue weighted by Gasteiger charge is 2.30.